The van der Waals surface area contributed by atoms with Gasteiger partial charge in [0.1, 0.15) is 6.07 Å². The number of hydrogen-bond donors (Lipinski definition) is 2. The number of carbonyl (C=O) groups excluding carboxylic acids is 1. The van der Waals surface area contributed by atoms with Crippen LogP contribution in [0.4, 0.5) is 11.4 Å². The van der Waals surface area contributed by atoms with Crippen LogP contribution in [0.1, 0.15) is 22.8 Å². The van der Waals surface area contributed by atoms with Gasteiger partial charge in [0.2, 0.25) is 5.91 Å². The van der Waals surface area contributed by atoms with Crippen molar-refractivity contribution in [2.45, 2.75) is 11.8 Å². The van der Waals surface area contributed by atoms with E-state index in [0.29, 0.717) is 11.1 Å². The summed E-state index contributed by atoms with van der Waals surface area (Å²) in [5, 5.41) is 12.6. The highest BCUT2D eigenvalue weighted by atomic mass is 32.2. The molecule has 106 valence electrons. The largest absolute Gasteiger partial charge is 0.366 e. The predicted octanol–water partition coefficient (Wildman–Crippen LogP) is 3.51. The minimum atomic E-state index is -0.458. The molecule has 0 atom stereocenters. The highest BCUT2D eigenvalue weighted by Crippen LogP contribution is 2.29. The van der Waals surface area contributed by atoms with Gasteiger partial charge in [-0.15, -0.1) is 11.8 Å². The second-order valence-corrected chi connectivity index (χ2v) is 5.60. The van der Waals surface area contributed by atoms with E-state index in [2.05, 4.69) is 18.3 Å². The number of carbonyl (C=O) groups is 1. The molecule has 0 fully saturated rings. The number of nitrogens with zero attached hydrogens (tertiary/aromatic N) is 1. The van der Waals surface area contributed by atoms with Gasteiger partial charge in [0, 0.05) is 16.1 Å². The molecule has 2 rings (SSSR count). The molecule has 0 aromatic heterocycles. The first-order chi connectivity index (χ1) is 10.2. The number of primary amides is 1. The summed E-state index contributed by atoms with van der Waals surface area (Å²) in [6, 6.07) is 14.8. The lowest BCUT2D eigenvalue weighted by Gasteiger charge is -2.11. The van der Waals surface area contributed by atoms with Gasteiger partial charge in [-0.2, -0.15) is 5.26 Å². The fourth-order valence-electron chi connectivity index (χ4n) is 1.90. The van der Waals surface area contributed by atoms with Crippen LogP contribution in [0.25, 0.3) is 0 Å². The Kier molecular flexibility index (Phi) is 4.85. The maximum Gasteiger partial charge on any atom is 0.248 e. The van der Waals surface area contributed by atoms with E-state index in [1.165, 1.54) is 0 Å². The molecule has 0 aliphatic heterocycles. The Morgan fingerprint density at radius 2 is 2.00 bits per heavy atom. The number of thioether (sulfide) groups is 1. The highest BCUT2D eigenvalue weighted by Gasteiger charge is 2.08. The van der Waals surface area contributed by atoms with E-state index >= 15 is 0 Å². The third-order valence-corrected chi connectivity index (χ3v) is 3.83. The van der Waals surface area contributed by atoms with Crippen molar-refractivity contribution < 1.29 is 4.79 Å². The van der Waals surface area contributed by atoms with Crippen LogP contribution in [0, 0.1) is 11.3 Å². The molecule has 1 amide bonds. The molecule has 0 saturated heterocycles. The Morgan fingerprint density at radius 1 is 1.29 bits per heavy atom. The molecule has 0 unspecified atom stereocenters. The second-order valence-electron chi connectivity index (χ2n) is 4.29. The quantitative estimate of drug-likeness (QED) is 0.828. The average Bonchev–Trinajstić information content (AvgIpc) is 2.48. The molecular weight excluding hydrogens is 282 g/mol. The number of benzene rings is 2. The van der Waals surface area contributed by atoms with E-state index < -0.39 is 5.91 Å². The van der Waals surface area contributed by atoms with E-state index in [9.17, 15) is 10.1 Å². The molecule has 0 bridgehead atoms. The molecule has 0 saturated carbocycles. The van der Waals surface area contributed by atoms with E-state index in [1.807, 2.05) is 18.2 Å². The minimum Gasteiger partial charge on any atom is -0.366 e. The average molecular weight is 297 g/mol. The normalized spacial score (nSPS) is 9.90. The number of amides is 1. The summed E-state index contributed by atoms with van der Waals surface area (Å²) in [6.07, 6.45) is 0. The van der Waals surface area contributed by atoms with Gasteiger partial charge in [-0.3, -0.25) is 4.79 Å². The summed E-state index contributed by atoms with van der Waals surface area (Å²) in [5.74, 6) is 0.450. The topological polar surface area (TPSA) is 78.9 Å². The first-order valence-electron chi connectivity index (χ1n) is 6.48. The van der Waals surface area contributed by atoms with Gasteiger partial charge in [0.05, 0.1) is 11.3 Å². The van der Waals surface area contributed by atoms with Crippen molar-refractivity contribution in [3.8, 4) is 6.07 Å². The van der Waals surface area contributed by atoms with Gasteiger partial charge < -0.3 is 11.1 Å². The summed E-state index contributed by atoms with van der Waals surface area (Å²) in [7, 11) is 0. The van der Waals surface area contributed by atoms with Crippen LogP contribution in [0.5, 0.6) is 0 Å². The number of hydrogen-bond acceptors (Lipinski definition) is 4. The standard InChI is InChI=1S/C16H15N3OS/c1-2-21-15-5-3-4-14(13(15)10-17)19-12-8-6-11(7-9-12)16(18)20/h3-9,19H,2H2,1H3,(H2,18,20). The van der Waals surface area contributed by atoms with Gasteiger partial charge in [-0.05, 0) is 42.2 Å². The van der Waals surface area contributed by atoms with Crippen LogP contribution in [0.3, 0.4) is 0 Å². The number of nitriles is 1. The van der Waals surface area contributed by atoms with Crippen molar-refractivity contribution in [1.29, 1.82) is 5.26 Å². The summed E-state index contributed by atoms with van der Waals surface area (Å²) in [5.41, 5.74) is 7.85. The molecule has 4 nitrogen and oxygen atoms in total. The Labute approximate surface area is 128 Å². The third-order valence-electron chi connectivity index (χ3n) is 2.89. The van der Waals surface area contributed by atoms with Crippen LogP contribution >= 0.6 is 11.8 Å². The van der Waals surface area contributed by atoms with Crippen molar-refractivity contribution in [3.05, 3.63) is 53.6 Å². The Hall–Kier alpha value is -2.45. The summed E-state index contributed by atoms with van der Waals surface area (Å²) in [4.78, 5) is 12.0. The van der Waals surface area contributed by atoms with Crippen LogP contribution < -0.4 is 11.1 Å². The van der Waals surface area contributed by atoms with Crippen molar-refractivity contribution in [3.63, 3.8) is 0 Å². The van der Waals surface area contributed by atoms with Gasteiger partial charge in [0.15, 0.2) is 0 Å². The number of rotatable bonds is 5. The summed E-state index contributed by atoms with van der Waals surface area (Å²) in [6.45, 7) is 2.05. The molecule has 5 heteroatoms. The molecule has 0 radical (unpaired) electrons. The number of nitrogens with one attached hydrogen (secondary N) is 1. The zero-order valence-corrected chi connectivity index (χ0v) is 12.4. The number of anilines is 2. The van der Waals surface area contributed by atoms with Gasteiger partial charge in [0.25, 0.3) is 0 Å². The Balaban J connectivity index is 2.29. The Bertz CT molecular complexity index is 690. The van der Waals surface area contributed by atoms with Gasteiger partial charge in [-0.1, -0.05) is 13.0 Å². The summed E-state index contributed by atoms with van der Waals surface area (Å²) < 4.78 is 0. The van der Waals surface area contributed by atoms with Crippen LogP contribution in [0.15, 0.2) is 47.4 Å². The zero-order chi connectivity index (χ0) is 15.2. The van der Waals surface area contributed by atoms with E-state index in [0.717, 1.165) is 22.0 Å². The monoisotopic (exact) mass is 297 g/mol. The van der Waals surface area contributed by atoms with E-state index in [-0.39, 0.29) is 0 Å². The first-order valence-corrected chi connectivity index (χ1v) is 7.47. The first kappa shape index (κ1) is 14.9. The maximum absolute atomic E-state index is 11.0. The van der Waals surface area contributed by atoms with Gasteiger partial charge >= 0.3 is 0 Å². The van der Waals surface area contributed by atoms with Crippen molar-refractivity contribution in [1.82, 2.24) is 0 Å². The highest BCUT2D eigenvalue weighted by molar-refractivity contribution is 7.99. The fourth-order valence-corrected chi connectivity index (χ4v) is 2.69. The molecule has 2 aromatic rings. The summed E-state index contributed by atoms with van der Waals surface area (Å²) >= 11 is 1.63. The minimum absolute atomic E-state index is 0.455. The lowest BCUT2D eigenvalue weighted by Crippen LogP contribution is -2.10. The van der Waals surface area contributed by atoms with E-state index in [1.54, 1.807) is 36.0 Å². The smallest absolute Gasteiger partial charge is 0.248 e. The SMILES string of the molecule is CCSc1cccc(Nc2ccc(C(N)=O)cc2)c1C#N. The maximum atomic E-state index is 11.0. The molecule has 0 spiro atoms. The molecule has 3 N–H and O–H groups in total. The van der Waals surface area contributed by atoms with Crippen molar-refractivity contribution in [2.24, 2.45) is 5.73 Å². The zero-order valence-electron chi connectivity index (χ0n) is 11.6. The Morgan fingerprint density at radius 3 is 2.57 bits per heavy atom. The fraction of sp³-hybridized carbons (Fsp3) is 0.125. The van der Waals surface area contributed by atoms with Crippen molar-refractivity contribution in [2.75, 3.05) is 11.1 Å². The van der Waals surface area contributed by atoms with E-state index in [4.69, 9.17) is 5.73 Å². The van der Waals surface area contributed by atoms with Gasteiger partial charge in [-0.25, -0.2) is 0 Å². The predicted molar refractivity (Wildman–Crippen MR) is 85.8 cm³/mol. The molecule has 2 aromatic carbocycles. The molecule has 0 heterocycles. The second kappa shape index (κ2) is 6.82. The molecule has 21 heavy (non-hydrogen) atoms. The van der Waals surface area contributed by atoms with Crippen LogP contribution in [-0.4, -0.2) is 11.7 Å². The molecule has 0 aliphatic carbocycles. The molecular formula is C16H15N3OS. The van der Waals surface area contributed by atoms with Crippen LogP contribution in [0.2, 0.25) is 0 Å². The van der Waals surface area contributed by atoms with Crippen molar-refractivity contribution >= 4 is 29.0 Å². The van der Waals surface area contributed by atoms with Crippen LogP contribution in [-0.2, 0) is 0 Å². The lowest BCUT2D eigenvalue weighted by atomic mass is 10.1. The lowest BCUT2D eigenvalue weighted by molar-refractivity contribution is 0.100. The third kappa shape index (κ3) is 3.56. The number of nitrogens with two attached hydrogens (primary N) is 1. The molecule has 0 aliphatic rings.